The van der Waals surface area contributed by atoms with Gasteiger partial charge < -0.3 is 5.32 Å². The molecule has 0 spiro atoms. The molecule has 1 amide bonds. The number of nitrogens with zero attached hydrogens (tertiary/aromatic N) is 3. The molecular weight excluding hydrogens is 346 g/mol. The Morgan fingerprint density at radius 2 is 2.08 bits per heavy atom. The van der Waals surface area contributed by atoms with Crippen LogP contribution in [-0.2, 0) is 4.79 Å². The fourth-order valence-corrected chi connectivity index (χ4v) is 3.12. The van der Waals surface area contributed by atoms with Crippen molar-refractivity contribution < 1.29 is 13.6 Å². The Morgan fingerprint density at radius 3 is 2.84 bits per heavy atom. The van der Waals surface area contributed by atoms with Crippen molar-refractivity contribution >= 4 is 34.4 Å². The third-order valence-electron chi connectivity index (χ3n) is 3.37. The highest BCUT2D eigenvalue weighted by molar-refractivity contribution is 7.99. The van der Waals surface area contributed by atoms with Crippen LogP contribution in [0.2, 0.25) is 0 Å². The Morgan fingerprint density at radius 1 is 1.28 bits per heavy atom. The zero-order valence-corrected chi connectivity index (χ0v) is 13.6. The van der Waals surface area contributed by atoms with Crippen molar-refractivity contribution in [1.29, 1.82) is 5.26 Å². The summed E-state index contributed by atoms with van der Waals surface area (Å²) in [5.74, 6) is -0.444. The number of aromatic nitrogens is 2. The van der Waals surface area contributed by atoms with Gasteiger partial charge in [0, 0.05) is 5.69 Å². The number of hydrogen-bond acceptors (Lipinski definition) is 4. The van der Waals surface area contributed by atoms with Gasteiger partial charge in [-0.15, -0.1) is 0 Å². The molecule has 0 radical (unpaired) electrons. The molecule has 25 heavy (non-hydrogen) atoms. The van der Waals surface area contributed by atoms with Gasteiger partial charge in [-0.25, -0.2) is 4.98 Å². The number of para-hydroxylation sites is 2. The molecule has 8 heteroatoms. The van der Waals surface area contributed by atoms with E-state index in [1.807, 2.05) is 6.07 Å². The van der Waals surface area contributed by atoms with Crippen molar-refractivity contribution in [3.8, 4) is 6.07 Å². The number of amides is 1. The quantitative estimate of drug-likeness (QED) is 0.699. The number of halogens is 2. The second kappa shape index (κ2) is 7.32. The summed E-state index contributed by atoms with van der Waals surface area (Å²) in [4.78, 5) is 16.2. The van der Waals surface area contributed by atoms with E-state index in [-0.39, 0.29) is 16.8 Å². The average Bonchev–Trinajstić information content (AvgIpc) is 2.98. The first-order valence-corrected chi connectivity index (χ1v) is 8.25. The number of carbonyl (C=O) groups is 1. The summed E-state index contributed by atoms with van der Waals surface area (Å²) < 4.78 is 27.5. The van der Waals surface area contributed by atoms with Crippen molar-refractivity contribution in [3.63, 3.8) is 0 Å². The predicted molar refractivity (Wildman–Crippen MR) is 91.5 cm³/mol. The monoisotopic (exact) mass is 358 g/mol. The van der Waals surface area contributed by atoms with Crippen LogP contribution in [0.15, 0.2) is 53.7 Å². The zero-order valence-electron chi connectivity index (χ0n) is 12.8. The lowest BCUT2D eigenvalue weighted by atomic mass is 10.2. The van der Waals surface area contributed by atoms with E-state index in [2.05, 4.69) is 10.3 Å². The number of carbonyl (C=O) groups excluding carboxylic acids is 1. The molecule has 1 aromatic heterocycles. The van der Waals surface area contributed by atoms with E-state index >= 15 is 0 Å². The van der Waals surface area contributed by atoms with Crippen LogP contribution in [-0.4, -0.2) is 21.2 Å². The van der Waals surface area contributed by atoms with E-state index in [0.717, 1.165) is 16.3 Å². The number of nitrogens with one attached hydrogen (secondary N) is 1. The minimum Gasteiger partial charge on any atom is -0.325 e. The number of anilines is 1. The molecule has 0 saturated carbocycles. The third kappa shape index (κ3) is 3.78. The third-order valence-corrected chi connectivity index (χ3v) is 4.32. The number of fused-ring (bicyclic) bond motifs is 1. The zero-order chi connectivity index (χ0) is 17.8. The summed E-state index contributed by atoms with van der Waals surface area (Å²) in [6.07, 6.45) is 0. The van der Waals surface area contributed by atoms with Gasteiger partial charge in [-0.1, -0.05) is 30.0 Å². The van der Waals surface area contributed by atoms with E-state index in [9.17, 15) is 13.6 Å². The number of nitriles is 1. The summed E-state index contributed by atoms with van der Waals surface area (Å²) in [5.41, 5.74) is 1.67. The lowest BCUT2D eigenvalue weighted by molar-refractivity contribution is -0.113. The maximum Gasteiger partial charge on any atom is 0.321 e. The molecule has 3 rings (SSSR count). The standard InChI is InChI=1S/C17H12F2N4OS/c18-16(19)23-14-7-2-1-6-13(14)22-17(23)25-10-15(24)21-12-5-3-4-11(8-12)9-20/h1-8,16H,10H2,(H,21,24). The summed E-state index contributed by atoms with van der Waals surface area (Å²) in [6, 6.07) is 15.0. The summed E-state index contributed by atoms with van der Waals surface area (Å²) in [6.45, 7) is -2.75. The van der Waals surface area contributed by atoms with Crippen LogP contribution in [0.5, 0.6) is 0 Å². The van der Waals surface area contributed by atoms with Crippen LogP contribution in [0.25, 0.3) is 11.0 Å². The van der Waals surface area contributed by atoms with E-state index in [0.29, 0.717) is 22.3 Å². The molecule has 126 valence electrons. The van der Waals surface area contributed by atoms with Gasteiger partial charge in [0.2, 0.25) is 5.91 Å². The Hall–Kier alpha value is -2.92. The van der Waals surface area contributed by atoms with Gasteiger partial charge >= 0.3 is 6.55 Å². The van der Waals surface area contributed by atoms with E-state index in [4.69, 9.17) is 5.26 Å². The van der Waals surface area contributed by atoms with Crippen LogP contribution in [0.4, 0.5) is 14.5 Å². The normalized spacial score (nSPS) is 10.8. The molecular formula is C17H12F2N4OS. The maximum atomic E-state index is 13.3. The number of rotatable bonds is 5. The molecule has 2 aromatic carbocycles. The highest BCUT2D eigenvalue weighted by Gasteiger charge is 2.18. The van der Waals surface area contributed by atoms with Gasteiger partial charge in [0.05, 0.1) is 28.4 Å². The van der Waals surface area contributed by atoms with Crippen molar-refractivity contribution in [2.45, 2.75) is 11.7 Å². The van der Waals surface area contributed by atoms with Gasteiger partial charge in [0.25, 0.3) is 0 Å². The lowest BCUT2D eigenvalue weighted by Gasteiger charge is -2.08. The Balaban J connectivity index is 1.73. The Bertz CT molecular complexity index is 965. The summed E-state index contributed by atoms with van der Waals surface area (Å²) in [7, 11) is 0. The molecule has 0 fully saturated rings. The smallest absolute Gasteiger partial charge is 0.321 e. The van der Waals surface area contributed by atoms with Gasteiger partial charge in [0.1, 0.15) is 0 Å². The minimum atomic E-state index is -2.75. The fraction of sp³-hybridized carbons (Fsp3) is 0.118. The summed E-state index contributed by atoms with van der Waals surface area (Å²) in [5, 5.41) is 11.6. The first-order valence-electron chi connectivity index (χ1n) is 7.26. The predicted octanol–water partition coefficient (Wildman–Crippen LogP) is 4.03. The Kier molecular flexibility index (Phi) is 4.95. The average molecular weight is 358 g/mol. The second-order valence-electron chi connectivity index (χ2n) is 5.06. The van der Waals surface area contributed by atoms with Crippen LogP contribution in [0.3, 0.4) is 0 Å². The molecule has 0 bridgehead atoms. The largest absolute Gasteiger partial charge is 0.325 e. The molecule has 0 unspecified atom stereocenters. The SMILES string of the molecule is N#Cc1cccc(NC(=O)CSc2nc3ccccc3n2C(F)F)c1. The molecule has 5 nitrogen and oxygen atoms in total. The number of hydrogen-bond donors (Lipinski definition) is 1. The number of thioether (sulfide) groups is 1. The molecule has 3 aromatic rings. The van der Waals surface area contributed by atoms with Crippen molar-refractivity contribution in [2.24, 2.45) is 0 Å². The van der Waals surface area contributed by atoms with E-state index < -0.39 is 6.55 Å². The number of imidazole rings is 1. The van der Waals surface area contributed by atoms with Gasteiger partial charge in [0.15, 0.2) is 5.16 Å². The van der Waals surface area contributed by atoms with E-state index in [1.165, 1.54) is 6.07 Å². The molecule has 0 atom stereocenters. The number of alkyl halides is 2. The van der Waals surface area contributed by atoms with Crippen LogP contribution >= 0.6 is 11.8 Å². The van der Waals surface area contributed by atoms with E-state index in [1.54, 1.807) is 42.5 Å². The first-order chi connectivity index (χ1) is 12.1. The highest BCUT2D eigenvalue weighted by Crippen LogP contribution is 2.29. The fourth-order valence-electron chi connectivity index (χ4n) is 2.31. The maximum absolute atomic E-state index is 13.3. The van der Waals surface area contributed by atoms with Crippen LogP contribution in [0, 0.1) is 11.3 Å². The van der Waals surface area contributed by atoms with Gasteiger partial charge in [-0.3, -0.25) is 9.36 Å². The van der Waals surface area contributed by atoms with Gasteiger partial charge in [-0.05, 0) is 30.3 Å². The molecule has 0 saturated heterocycles. The first kappa shape index (κ1) is 16.9. The van der Waals surface area contributed by atoms with Gasteiger partial charge in [-0.2, -0.15) is 14.0 Å². The summed E-state index contributed by atoms with van der Waals surface area (Å²) >= 11 is 0.933. The van der Waals surface area contributed by atoms with Crippen molar-refractivity contribution in [3.05, 3.63) is 54.1 Å². The lowest BCUT2D eigenvalue weighted by Crippen LogP contribution is -2.14. The van der Waals surface area contributed by atoms with Crippen LogP contribution in [0.1, 0.15) is 12.1 Å². The Labute approximate surface area is 146 Å². The minimum absolute atomic E-state index is 0.0766. The van der Waals surface area contributed by atoms with Crippen molar-refractivity contribution in [1.82, 2.24) is 9.55 Å². The van der Waals surface area contributed by atoms with Crippen molar-refractivity contribution in [2.75, 3.05) is 11.1 Å². The highest BCUT2D eigenvalue weighted by atomic mass is 32.2. The molecule has 0 aliphatic carbocycles. The topological polar surface area (TPSA) is 70.7 Å². The number of benzene rings is 2. The molecule has 1 N–H and O–H groups in total. The molecule has 1 heterocycles. The molecule has 0 aliphatic rings. The second-order valence-corrected chi connectivity index (χ2v) is 6.00. The van der Waals surface area contributed by atoms with Crippen LogP contribution < -0.4 is 5.32 Å². The molecule has 0 aliphatic heterocycles.